The van der Waals surface area contributed by atoms with Crippen LogP contribution in [-0.4, -0.2) is 76.4 Å². The number of nitrogens with two attached hydrogens (primary N) is 2. The minimum atomic E-state index is -1.46. The Kier molecular flexibility index (Phi) is 10.8. The number of amides is 5. The van der Waals surface area contributed by atoms with Crippen LogP contribution in [0.5, 0.6) is 5.75 Å². The van der Waals surface area contributed by atoms with E-state index in [0.717, 1.165) is 6.42 Å². The molecule has 14 heteroatoms. The van der Waals surface area contributed by atoms with Gasteiger partial charge in [0.25, 0.3) is 0 Å². The second kappa shape index (κ2) is 13.8. The Morgan fingerprint density at radius 1 is 0.919 bits per heavy atom. The fourth-order valence-electron chi connectivity index (χ4n) is 3.76. The molecule has 0 aliphatic carbocycles. The molecule has 14 nitrogen and oxygen atoms in total. The third-order valence-electron chi connectivity index (χ3n) is 5.72. The molecule has 2 rings (SSSR count). The van der Waals surface area contributed by atoms with Crippen LogP contribution < -0.4 is 32.7 Å². The number of phenols is 1. The molecule has 0 bridgehead atoms. The number of carbonyl (C=O) groups is 6. The third kappa shape index (κ3) is 9.76. The average Bonchev–Trinajstić information content (AvgIpc) is 3.36. The van der Waals surface area contributed by atoms with Gasteiger partial charge in [0.2, 0.25) is 29.5 Å². The van der Waals surface area contributed by atoms with E-state index in [-0.39, 0.29) is 25.0 Å². The lowest BCUT2D eigenvalue weighted by molar-refractivity contribution is -0.142. The maximum absolute atomic E-state index is 13.1. The first kappa shape index (κ1) is 29.0. The fourth-order valence-corrected chi connectivity index (χ4v) is 3.76. The molecule has 4 unspecified atom stereocenters. The number of nitrogens with one attached hydrogen (secondary N) is 4. The van der Waals surface area contributed by atoms with Gasteiger partial charge >= 0.3 is 5.97 Å². The number of carboxylic acids is 1. The van der Waals surface area contributed by atoms with E-state index < -0.39 is 66.1 Å². The molecule has 0 saturated carbocycles. The van der Waals surface area contributed by atoms with Crippen LogP contribution in [0.4, 0.5) is 0 Å². The topological polar surface area (TPSA) is 243 Å². The lowest BCUT2D eigenvalue weighted by atomic mass is 10.0. The van der Waals surface area contributed by atoms with E-state index in [9.17, 15) is 39.0 Å². The van der Waals surface area contributed by atoms with Crippen LogP contribution in [0.25, 0.3) is 0 Å². The predicted octanol–water partition coefficient (Wildman–Crippen LogP) is -2.63. The molecule has 1 aromatic rings. The number of benzene rings is 1. The minimum absolute atomic E-state index is 0.0315. The van der Waals surface area contributed by atoms with Gasteiger partial charge in [0.05, 0.1) is 12.5 Å². The van der Waals surface area contributed by atoms with Gasteiger partial charge in [-0.25, -0.2) is 4.79 Å². The summed E-state index contributed by atoms with van der Waals surface area (Å²) >= 11 is 0. The van der Waals surface area contributed by atoms with E-state index >= 15 is 0 Å². The number of rotatable bonds is 14. The second-order valence-corrected chi connectivity index (χ2v) is 8.72. The number of aliphatic carboxylic acids is 1. The molecule has 1 aromatic carbocycles. The van der Waals surface area contributed by atoms with Crippen molar-refractivity contribution >= 4 is 35.5 Å². The van der Waals surface area contributed by atoms with Gasteiger partial charge in [-0.1, -0.05) is 12.1 Å². The maximum Gasteiger partial charge on any atom is 0.326 e. The molecule has 202 valence electrons. The highest BCUT2D eigenvalue weighted by Gasteiger charge is 2.32. The molecule has 1 heterocycles. The summed E-state index contributed by atoms with van der Waals surface area (Å²) in [6.07, 6.45) is 0.0828. The fraction of sp³-hybridized carbons (Fsp3) is 0.478. The largest absolute Gasteiger partial charge is 0.508 e. The second-order valence-electron chi connectivity index (χ2n) is 8.72. The van der Waals surface area contributed by atoms with Crippen molar-refractivity contribution in [2.45, 2.75) is 62.7 Å². The molecule has 1 fully saturated rings. The van der Waals surface area contributed by atoms with Gasteiger partial charge in [-0.2, -0.15) is 0 Å². The smallest absolute Gasteiger partial charge is 0.326 e. The predicted molar refractivity (Wildman–Crippen MR) is 129 cm³/mol. The minimum Gasteiger partial charge on any atom is -0.508 e. The van der Waals surface area contributed by atoms with Crippen LogP contribution in [0.2, 0.25) is 0 Å². The van der Waals surface area contributed by atoms with Crippen LogP contribution in [0.1, 0.15) is 37.7 Å². The van der Waals surface area contributed by atoms with Crippen molar-refractivity contribution in [2.75, 3.05) is 6.54 Å². The van der Waals surface area contributed by atoms with Crippen LogP contribution in [0, 0.1) is 0 Å². The highest BCUT2D eigenvalue weighted by atomic mass is 16.4. The van der Waals surface area contributed by atoms with E-state index in [1.54, 1.807) is 0 Å². The number of carboxylic acid groups (broad SMARTS) is 1. The van der Waals surface area contributed by atoms with Gasteiger partial charge in [-0.15, -0.1) is 0 Å². The molecule has 0 radical (unpaired) electrons. The summed E-state index contributed by atoms with van der Waals surface area (Å²) in [6, 6.07) is 0.996. The Hall–Kier alpha value is -4.20. The molecule has 10 N–H and O–H groups in total. The van der Waals surface area contributed by atoms with Gasteiger partial charge in [-0.05, 0) is 43.5 Å². The van der Waals surface area contributed by atoms with E-state index in [1.807, 2.05) is 0 Å². The zero-order chi connectivity index (χ0) is 27.5. The number of hydrogen-bond acceptors (Lipinski definition) is 8. The highest BCUT2D eigenvalue weighted by molar-refractivity contribution is 5.96. The van der Waals surface area contributed by atoms with Gasteiger partial charge in [-0.3, -0.25) is 24.0 Å². The van der Waals surface area contributed by atoms with Crippen LogP contribution in [-0.2, 0) is 35.2 Å². The van der Waals surface area contributed by atoms with Crippen molar-refractivity contribution in [1.29, 1.82) is 0 Å². The van der Waals surface area contributed by atoms with E-state index in [4.69, 9.17) is 11.5 Å². The first-order valence-corrected chi connectivity index (χ1v) is 11.7. The van der Waals surface area contributed by atoms with Crippen molar-refractivity contribution in [3.63, 3.8) is 0 Å². The zero-order valence-electron chi connectivity index (χ0n) is 20.1. The monoisotopic (exact) mass is 520 g/mol. The van der Waals surface area contributed by atoms with Crippen molar-refractivity contribution in [2.24, 2.45) is 11.5 Å². The quantitative estimate of drug-likeness (QED) is 0.128. The molecule has 0 aromatic heterocycles. The molecular formula is C23H32N6O8. The Labute approximate surface area is 212 Å². The zero-order valence-corrected chi connectivity index (χ0v) is 20.1. The molecular weight excluding hydrogens is 488 g/mol. The molecule has 1 saturated heterocycles. The molecule has 1 aliphatic heterocycles. The van der Waals surface area contributed by atoms with E-state index in [2.05, 4.69) is 21.3 Å². The summed E-state index contributed by atoms with van der Waals surface area (Å²) in [5, 5.41) is 29.1. The molecule has 0 spiro atoms. The molecule has 37 heavy (non-hydrogen) atoms. The molecule has 5 amide bonds. The Morgan fingerprint density at radius 3 is 2.08 bits per heavy atom. The van der Waals surface area contributed by atoms with Crippen LogP contribution in [0.3, 0.4) is 0 Å². The summed E-state index contributed by atoms with van der Waals surface area (Å²) in [5.74, 6) is -5.33. The number of carbonyl (C=O) groups excluding carboxylic acids is 5. The van der Waals surface area contributed by atoms with Gasteiger partial charge in [0.1, 0.15) is 23.9 Å². The van der Waals surface area contributed by atoms with Crippen molar-refractivity contribution in [3.8, 4) is 5.75 Å². The number of aromatic hydroxyl groups is 1. The summed E-state index contributed by atoms with van der Waals surface area (Å²) < 4.78 is 0. The Morgan fingerprint density at radius 2 is 1.54 bits per heavy atom. The summed E-state index contributed by atoms with van der Waals surface area (Å²) in [5.41, 5.74) is 10.8. The van der Waals surface area contributed by atoms with Crippen molar-refractivity contribution in [3.05, 3.63) is 29.8 Å². The maximum atomic E-state index is 13.1. The van der Waals surface area contributed by atoms with Gasteiger partial charge in [0, 0.05) is 12.8 Å². The normalized spacial score (nSPS) is 17.1. The van der Waals surface area contributed by atoms with Crippen LogP contribution >= 0.6 is 0 Å². The van der Waals surface area contributed by atoms with Crippen LogP contribution in [0.15, 0.2) is 24.3 Å². The molecule has 1 aliphatic rings. The highest BCUT2D eigenvalue weighted by Crippen LogP contribution is 2.12. The van der Waals surface area contributed by atoms with E-state index in [1.165, 1.54) is 24.3 Å². The SMILES string of the molecule is NC(=O)CCC(NC(=O)C(Cc1ccc(O)cc1)NC(=O)C(CC(N)=O)NC(=O)C1CCCN1)C(=O)O. The van der Waals surface area contributed by atoms with Gasteiger partial charge < -0.3 is 42.9 Å². The first-order valence-electron chi connectivity index (χ1n) is 11.7. The standard InChI is InChI=1S/C23H32N6O8/c24-18(31)8-7-15(23(36)37)27-21(34)16(10-12-3-5-13(30)6-4-12)28-22(35)17(11-19(25)32)29-20(33)14-2-1-9-26-14/h3-6,14-17,26,30H,1-2,7-11H2,(H2,24,31)(H2,25,32)(H,27,34)(H,28,35)(H,29,33)(H,36,37). The summed E-state index contributed by atoms with van der Waals surface area (Å²) in [6.45, 7) is 0.625. The summed E-state index contributed by atoms with van der Waals surface area (Å²) in [4.78, 5) is 72.9. The number of hydrogen-bond donors (Lipinski definition) is 8. The van der Waals surface area contributed by atoms with Crippen molar-refractivity contribution in [1.82, 2.24) is 21.3 Å². The molecule has 4 atom stereocenters. The number of phenolic OH excluding ortho intramolecular Hbond substituents is 1. The third-order valence-corrected chi connectivity index (χ3v) is 5.72. The van der Waals surface area contributed by atoms with Gasteiger partial charge in [0.15, 0.2) is 0 Å². The summed E-state index contributed by atoms with van der Waals surface area (Å²) in [7, 11) is 0. The van der Waals surface area contributed by atoms with E-state index in [0.29, 0.717) is 18.5 Å². The Balaban J connectivity index is 2.22. The number of primary amides is 2. The first-order chi connectivity index (χ1) is 17.5. The van der Waals surface area contributed by atoms with Crippen molar-refractivity contribution < 1.29 is 39.0 Å². The Bertz CT molecular complexity index is 1010. The lowest BCUT2D eigenvalue weighted by Crippen LogP contribution is -2.58. The lowest BCUT2D eigenvalue weighted by Gasteiger charge is -2.25. The average molecular weight is 521 g/mol.